The van der Waals surface area contributed by atoms with Crippen molar-refractivity contribution in [2.24, 2.45) is 5.92 Å². The number of hydrogen-bond acceptors (Lipinski definition) is 3. The normalized spacial score (nSPS) is 15.7. The van der Waals surface area contributed by atoms with Crippen LogP contribution < -0.4 is 10.0 Å². The first-order valence-corrected chi connectivity index (χ1v) is 9.11. The lowest BCUT2D eigenvalue weighted by atomic mass is 10.1. The molecular formula is C16H26N2O2S. The molecule has 21 heavy (non-hydrogen) atoms. The lowest BCUT2D eigenvalue weighted by Crippen LogP contribution is -2.27. The van der Waals surface area contributed by atoms with E-state index in [1.54, 1.807) is 0 Å². The van der Waals surface area contributed by atoms with Crippen molar-refractivity contribution in [1.29, 1.82) is 0 Å². The van der Waals surface area contributed by atoms with Gasteiger partial charge in [0.25, 0.3) is 0 Å². The largest absolute Gasteiger partial charge is 0.310 e. The number of aryl methyl sites for hydroxylation is 2. The van der Waals surface area contributed by atoms with Gasteiger partial charge in [-0.15, -0.1) is 0 Å². The van der Waals surface area contributed by atoms with Crippen LogP contribution in [0.25, 0.3) is 0 Å². The molecule has 0 spiro atoms. The molecule has 0 heterocycles. The first kappa shape index (κ1) is 16.5. The Bertz CT molecular complexity index is 605. The molecule has 1 aliphatic carbocycles. The maximum atomic E-state index is 12.5. The molecule has 0 aromatic heterocycles. The molecule has 5 heteroatoms. The van der Waals surface area contributed by atoms with Gasteiger partial charge in [-0.25, -0.2) is 13.1 Å². The van der Waals surface area contributed by atoms with Gasteiger partial charge >= 0.3 is 0 Å². The summed E-state index contributed by atoms with van der Waals surface area (Å²) in [5, 5.41) is 3.35. The Kier molecular flexibility index (Phi) is 5.07. The average Bonchev–Trinajstić information content (AvgIpc) is 3.19. The fourth-order valence-corrected chi connectivity index (χ4v) is 3.69. The molecule has 4 nitrogen and oxygen atoms in total. The van der Waals surface area contributed by atoms with Crippen LogP contribution >= 0.6 is 0 Å². The highest BCUT2D eigenvalue weighted by Gasteiger charge is 2.25. The van der Waals surface area contributed by atoms with E-state index in [0.29, 0.717) is 29.9 Å². The minimum Gasteiger partial charge on any atom is -0.310 e. The number of hydrogen-bond donors (Lipinski definition) is 2. The minimum atomic E-state index is -3.40. The van der Waals surface area contributed by atoms with Gasteiger partial charge in [0.15, 0.2) is 0 Å². The SMILES string of the molecule is Cc1cc(C)c(S(=O)(=O)NCC2CC2)cc1CNC(C)C. The molecule has 2 N–H and O–H groups in total. The van der Waals surface area contributed by atoms with Crippen LogP contribution in [0.1, 0.15) is 43.4 Å². The summed E-state index contributed by atoms with van der Waals surface area (Å²) in [5.74, 6) is 0.535. The van der Waals surface area contributed by atoms with E-state index < -0.39 is 10.0 Å². The summed E-state index contributed by atoms with van der Waals surface area (Å²) in [6.45, 7) is 9.30. The van der Waals surface area contributed by atoms with E-state index in [2.05, 4.69) is 23.9 Å². The molecule has 1 aliphatic rings. The number of benzene rings is 1. The maximum absolute atomic E-state index is 12.5. The second-order valence-electron chi connectivity index (χ2n) is 6.38. The molecule has 0 bridgehead atoms. The highest BCUT2D eigenvalue weighted by molar-refractivity contribution is 7.89. The molecule has 0 saturated heterocycles. The molecule has 1 aromatic rings. The molecule has 0 aliphatic heterocycles. The summed E-state index contributed by atoms with van der Waals surface area (Å²) >= 11 is 0. The summed E-state index contributed by atoms with van der Waals surface area (Å²) < 4.78 is 27.7. The third-order valence-corrected chi connectivity index (χ3v) is 5.45. The summed E-state index contributed by atoms with van der Waals surface area (Å²) in [7, 11) is -3.40. The Hall–Kier alpha value is -0.910. The monoisotopic (exact) mass is 310 g/mol. The smallest absolute Gasteiger partial charge is 0.240 e. The highest BCUT2D eigenvalue weighted by Crippen LogP contribution is 2.28. The Morgan fingerprint density at radius 3 is 2.43 bits per heavy atom. The summed E-state index contributed by atoms with van der Waals surface area (Å²) in [5.41, 5.74) is 2.98. The van der Waals surface area contributed by atoms with Crippen LogP contribution in [0.5, 0.6) is 0 Å². The van der Waals surface area contributed by atoms with Crippen molar-refractivity contribution >= 4 is 10.0 Å². The Balaban J connectivity index is 2.22. The molecule has 0 atom stereocenters. The molecule has 0 amide bonds. The fraction of sp³-hybridized carbons (Fsp3) is 0.625. The van der Waals surface area contributed by atoms with Crippen LogP contribution in [0, 0.1) is 19.8 Å². The minimum absolute atomic E-state index is 0.374. The highest BCUT2D eigenvalue weighted by atomic mass is 32.2. The lowest BCUT2D eigenvalue weighted by Gasteiger charge is -2.15. The van der Waals surface area contributed by atoms with Gasteiger partial charge in [0.1, 0.15) is 0 Å². The van der Waals surface area contributed by atoms with Gasteiger partial charge in [-0.3, -0.25) is 0 Å². The predicted molar refractivity (Wildman–Crippen MR) is 85.8 cm³/mol. The first-order valence-electron chi connectivity index (χ1n) is 7.63. The summed E-state index contributed by atoms with van der Waals surface area (Å²) in [6, 6.07) is 4.15. The van der Waals surface area contributed by atoms with Gasteiger partial charge in [-0.2, -0.15) is 0 Å². The summed E-state index contributed by atoms with van der Waals surface area (Å²) in [4.78, 5) is 0.411. The van der Waals surface area contributed by atoms with Crippen molar-refractivity contribution in [1.82, 2.24) is 10.0 Å². The molecule has 118 valence electrons. The fourth-order valence-electron chi connectivity index (χ4n) is 2.30. The Morgan fingerprint density at radius 1 is 1.19 bits per heavy atom. The maximum Gasteiger partial charge on any atom is 0.240 e. The second-order valence-corrected chi connectivity index (χ2v) is 8.11. The van der Waals surface area contributed by atoms with E-state index in [-0.39, 0.29) is 0 Å². The van der Waals surface area contributed by atoms with Crippen LogP contribution in [-0.2, 0) is 16.6 Å². The topological polar surface area (TPSA) is 58.2 Å². The third kappa shape index (κ3) is 4.53. The van der Waals surface area contributed by atoms with Crippen LogP contribution in [0.2, 0.25) is 0 Å². The van der Waals surface area contributed by atoms with Crippen molar-refractivity contribution in [2.75, 3.05) is 6.54 Å². The van der Waals surface area contributed by atoms with E-state index >= 15 is 0 Å². The average molecular weight is 310 g/mol. The van der Waals surface area contributed by atoms with Gasteiger partial charge in [-0.05, 0) is 55.4 Å². The van der Waals surface area contributed by atoms with Crippen molar-refractivity contribution < 1.29 is 8.42 Å². The Labute approximate surface area is 128 Å². The van der Waals surface area contributed by atoms with Crippen molar-refractivity contribution in [3.8, 4) is 0 Å². The van der Waals surface area contributed by atoms with Crippen LogP contribution in [0.4, 0.5) is 0 Å². The molecule has 0 unspecified atom stereocenters. The van der Waals surface area contributed by atoms with Crippen molar-refractivity contribution in [2.45, 2.75) is 58.0 Å². The molecule has 0 radical (unpaired) electrons. The van der Waals surface area contributed by atoms with Gasteiger partial charge in [0.2, 0.25) is 10.0 Å². The predicted octanol–water partition coefficient (Wildman–Crippen LogP) is 2.49. The van der Waals surface area contributed by atoms with Gasteiger partial charge in [0.05, 0.1) is 4.90 Å². The van der Waals surface area contributed by atoms with Gasteiger partial charge in [-0.1, -0.05) is 19.9 Å². The lowest BCUT2D eigenvalue weighted by molar-refractivity contribution is 0.574. The van der Waals surface area contributed by atoms with Gasteiger partial charge < -0.3 is 5.32 Å². The third-order valence-electron chi connectivity index (χ3n) is 3.88. The second kappa shape index (κ2) is 6.46. The van der Waals surface area contributed by atoms with E-state index in [9.17, 15) is 8.42 Å². The quantitative estimate of drug-likeness (QED) is 0.813. The zero-order valence-electron chi connectivity index (χ0n) is 13.4. The molecular weight excluding hydrogens is 284 g/mol. The first-order chi connectivity index (χ1) is 9.79. The van der Waals surface area contributed by atoms with Crippen LogP contribution in [-0.4, -0.2) is 21.0 Å². The zero-order valence-corrected chi connectivity index (χ0v) is 14.2. The molecule has 1 saturated carbocycles. The van der Waals surface area contributed by atoms with Crippen molar-refractivity contribution in [3.63, 3.8) is 0 Å². The van der Waals surface area contributed by atoms with E-state index in [1.165, 1.54) is 0 Å². The molecule has 2 rings (SSSR count). The van der Waals surface area contributed by atoms with Gasteiger partial charge in [0, 0.05) is 19.1 Å². The van der Waals surface area contributed by atoms with Crippen molar-refractivity contribution in [3.05, 3.63) is 28.8 Å². The number of rotatable bonds is 7. The molecule has 1 fully saturated rings. The van der Waals surface area contributed by atoms with Crippen LogP contribution in [0.15, 0.2) is 17.0 Å². The zero-order chi connectivity index (χ0) is 15.6. The van der Waals surface area contributed by atoms with Crippen LogP contribution in [0.3, 0.4) is 0 Å². The van der Waals surface area contributed by atoms with E-state index in [0.717, 1.165) is 29.5 Å². The van der Waals surface area contributed by atoms with E-state index in [4.69, 9.17) is 0 Å². The summed E-state index contributed by atoms with van der Waals surface area (Å²) in [6.07, 6.45) is 2.28. The number of nitrogens with one attached hydrogen (secondary N) is 2. The Morgan fingerprint density at radius 2 is 1.86 bits per heavy atom. The molecule has 1 aromatic carbocycles. The van der Waals surface area contributed by atoms with E-state index in [1.807, 2.05) is 26.0 Å². The number of sulfonamides is 1. The standard InChI is InChI=1S/C16H26N2O2S/c1-11(2)17-10-15-8-16(13(4)7-12(15)3)21(19,20)18-9-14-5-6-14/h7-8,11,14,17-18H,5-6,9-10H2,1-4H3.